The molecule has 17 atom stereocenters. The van der Waals surface area contributed by atoms with E-state index in [0.29, 0.717) is 19.3 Å². The Balaban J connectivity index is 1.38. The molecule has 0 radical (unpaired) electrons. The van der Waals surface area contributed by atoms with Crippen molar-refractivity contribution in [2.45, 2.75) is 234 Å². The average Bonchev–Trinajstić information content (AvgIpc) is 3.38. The first-order chi connectivity index (χ1) is 35.3. The highest BCUT2D eigenvalue weighted by atomic mass is 16.8. The third kappa shape index (κ3) is 23.2. The molecule has 19 nitrogen and oxygen atoms in total. The lowest BCUT2D eigenvalue weighted by atomic mass is 9.96. The van der Waals surface area contributed by atoms with Gasteiger partial charge in [-0.15, -0.1) is 0 Å². The fourth-order valence-corrected chi connectivity index (χ4v) is 8.61. The van der Waals surface area contributed by atoms with Crippen LogP contribution in [0.1, 0.15) is 129 Å². The van der Waals surface area contributed by atoms with E-state index in [0.717, 1.165) is 89.9 Å². The lowest BCUT2D eigenvalue weighted by molar-refractivity contribution is -0.379. The zero-order valence-electron chi connectivity index (χ0n) is 43.1. The summed E-state index contributed by atoms with van der Waals surface area (Å²) in [5, 5.41) is 119. The predicted octanol–water partition coefficient (Wildman–Crippen LogP) is 2.70. The molecular formula is C54H91NO18. The zero-order chi connectivity index (χ0) is 53.4. The molecule has 0 spiro atoms. The van der Waals surface area contributed by atoms with E-state index in [-0.39, 0.29) is 18.9 Å². The first-order valence-electron chi connectivity index (χ1n) is 26.7. The molecule has 12 N–H and O–H groups in total. The number of aliphatic hydroxyl groups is 11. The molecule has 3 heterocycles. The minimum atomic E-state index is -1.97. The number of aliphatic hydroxyl groups excluding tert-OH is 11. The molecule has 73 heavy (non-hydrogen) atoms. The zero-order valence-corrected chi connectivity index (χ0v) is 43.1. The van der Waals surface area contributed by atoms with Gasteiger partial charge in [0.25, 0.3) is 0 Å². The SMILES string of the molecule is CC/C=C\C/C=C\C/C=C\C/C=C\C/C=C\C/C=C\CCCCCCCCC(=O)NC(COC1OC(CO)C(OC2OC(CO)C(OC3OC(CO)C(O)C(O)C3O)C(O)C2O)C(O)C1O)C(O)CCCCC. The summed E-state index contributed by atoms with van der Waals surface area (Å²) in [5.74, 6) is -0.275. The van der Waals surface area contributed by atoms with Crippen LogP contribution >= 0.6 is 0 Å². The average molecular weight is 1040 g/mol. The number of ether oxygens (including phenoxy) is 6. The van der Waals surface area contributed by atoms with Crippen LogP contribution < -0.4 is 5.32 Å². The highest BCUT2D eigenvalue weighted by Gasteiger charge is 2.53. The number of nitrogens with one attached hydrogen (secondary N) is 1. The smallest absolute Gasteiger partial charge is 0.220 e. The quantitative estimate of drug-likeness (QED) is 0.0317. The maximum Gasteiger partial charge on any atom is 0.220 e. The van der Waals surface area contributed by atoms with Gasteiger partial charge in [-0.3, -0.25) is 4.79 Å². The van der Waals surface area contributed by atoms with E-state index in [2.05, 4.69) is 85.2 Å². The summed E-state index contributed by atoms with van der Waals surface area (Å²) in [7, 11) is 0. The fraction of sp³-hybridized carbons (Fsp3) is 0.759. The number of allylic oxidation sites excluding steroid dienone is 12. The predicted molar refractivity (Wildman–Crippen MR) is 272 cm³/mol. The Bertz CT molecular complexity index is 1620. The van der Waals surface area contributed by atoms with Crippen LogP contribution in [0.2, 0.25) is 0 Å². The van der Waals surface area contributed by atoms with Crippen molar-refractivity contribution in [3.63, 3.8) is 0 Å². The molecule has 0 bridgehead atoms. The lowest BCUT2D eigenvalue weighted by Gasteiger charge is -2.48. The summed E-state index contributed by atoms with van der Waals surface area (Å²) in [6, 6.07) is -0.895. The highest BCUT2D eigenvalue weighted by Crippen LogP contribution is 2.33. The van der Waals surface area contributed by atoms with Crippen molar-refractivity contribution in [1.29, 1.82) is 0 Å². The second-order valence-corrected chi connectivity index (χ2v) is 19.0. The van der Waals surface area contributed by atoms with Crippen molar-refractivity contribution < 1.29 is 89.4 Å². The van der Waals surface area contributed by atoms with Crippen LogP contribution in [0.5, 0.6) is 0 Å². The second-order valence-electron chi connectivity index (χ2n) is 19.0. The van der Waals surface area contributed by atoms with Crippen molar-refractivity contribution in [2.75, 3.05) is 26.4 Å². The van der Waals surface area contributed by atoms with Gasteiger partial charge in [0.1, 0.15) is 73.2 Å². The molecule has 420 valence electrons. The third-order valence-corrected chi connectivity index (χ3v) is 13.0. The van der Waals surface area contributed by atoms with Gasteiger partial charge >= 0.3 is 0 Å². The summed E-state index contributed by atoms with van der Waals surface area (Å²) in [6.45, 7) is 1.43. The van der Waals surface area contributed by atoms with E-state index in [4.69, 9.17) is 28.4 Å². The summed E-state index contributed by atoms with van der Waals surface area (Å²) >= 11 is 0. The van der Waals surface area contributed by atoms with Gasteiger partial charge in [-0.2, -0.15) is 0 Å². The minimum absolute atomic E-state index is 0.241. The molecule has 1 amide bonds. The number of hydrogen-bond acceptors (Lipinski definition) is 18. The van der Waals surface area contributed by atoms with Gasteiger partial charge in [0.15, 0.2) is 18.9 Å². The minimum Gasteiger partial charge on any atom is -0.394 e. The molecule has 3 aliphatic heterocycles. The normalized spacial score (nSPS) is 32.3. The van der Waals surface area contributed by atoms with Crippen molar-refractivity contribution in [1.82, 2.24) is 5.32 Å². The largest absolute Gasteiger partial charge is 0.394 e. The number of unbranched alkanes of at least 4 members (excludes halogenated alkanes) is 8. The maximum atomic E-state index is 13.1. The summed E-state index contributed by atoms with van der Waals surface area (Å²) < 4.78 is 33.9. The Labute approximate surface area is 432 Å². The third-order valence-electron chi connectivity index (χ3n) is 13.0. The van der Waals surface area contributed by atoms with E-state index >= 15 is 0 Å². The van der Waals surface area contributed by atoms with Crippen LogP contribution in [0.15, 0.2) is 72.9 Å². The Morgan fingerprint density at radius 3 is 1.45 bits per heavy atom. The molecule has 0 saturated carbocycles. The van der Waals surface area contributed by atoms with E-state index in [1.807, 2.05) is 6.92 Å². The topological polar surface area (TPSA) is 307 Å². The van der Waals surface area contributed by atoms with Gasteiger partial charge in [0.05, 0.1) is 38.6 Å². The van der Waals surface area contributed by atoms with Crippen molar-refractivity contribution in [2.24, 2.45) is 0 Å². The van der Waals surface area contributed by atoms with Crippen LogP contribution in [-0.2, 0) is 33.2 Å². The summed E-state index contributed by atoms with van der Waals surface area (Å²) in [4.78, 5) is 13.1. The van der Waals surface area contributed by atoms with Crippen LogP contribution in [0.25, 0.3) is 0 Å². The van der Waals surface area contributed by atoms with E-state index in [1.54, 1.807) is 0 Å². The van der Waals surface area contributed by atoms with Gasteiger partial charge in [-0.1, -0.05) is 132 Å². The van der Waals surface area contributed by atoms with E-state index < -0.39 is 124 Å². The van der Waals surface area contributed by atoms with Gasteiger partial charge < -0.3 is 89.9 Å². The molecule has 19 heteroatoms. The molecule has 0 aromatic rings. The number of hydrogen-bond donors (Lipinski definition) is 12. The van der Waals surface area contributed by atoms with Gasteiger partial charge in [-0.25, -0.2) is 0 Å². The number of carbonyl (C=O) groups excluding carboxylic acids is 1. The highest BCUT2D eigenvalue weighted by molar-refractivity contribution is 5.76. The molecular weight excluding hydrogens is 951 g/mol. The molecule has 0 aromatic carbocycles. The standard InChI is InChI=1S/C54H91NO18/c1-3-5-7-8-9-10-11-12-13-14-15-16-17-18-19-20-21-22-23-24-25-26-27-28-30-32-42(60)55-37(38(59)31-29-6-4-2)36-68-52-48(66)45(63)50(40(34-57)70-52)73-54-49(67)46(64)51(41(35-58)71-54)72-53-47(65)44(62)43(61)39(33-56)69-53/h5,7,9-10,12-13,15-16,18-19,21-22,37-41,43-54,56-59,61-67H,3-4,6,8,11,14,17,20,23-36H2,1-2H3,(H,55,60)/b7-5-,10-9-,13-12-,16-15-,19-18-,22-21-. The maximum absolute atomic E-state index is 13.1. The van der Waals surface area contributed by atoms with E-state index in [1.165, 1.54) is 0 Å². The van der Waals surface area contributed by atoms with Gasteiger partial charge in [0, 0.05) is 6.42 Å². The molecule has 3 rings (SSSR count). The van der Waals surface area contributed by atoms with Crippen molar-refractivity contribution >= 4 is 5.91 Å². The van der Waals surface area contributed by atoms with Gasteiger partial charge in [-0.05, 0) is 64.2 Å². The Morgan fingerprint density at radius 1 is 0.507 bits per heavy atom. The number of rotatable bonds is 36. The van der Waals surface area contributed by atoms with Crippen molar-refractivity contribution in [3.8, 4) is 0 Å². The van der Waals surface area contributed by atoms with Crippen molar-refractivity contribution in [3.05, 3.63) is 72.9 Å². The Kier molecular flexibility index (Phi) is 33.5. The number of amides is 1. The summed E-state index contributed by atoms with van der Waals surface area (Å²) in [6.07, 6.45) is 15.5. The Hall–Kier alpha value is -2.77. The van der Waals surface area contributed by atoms with Crippen LogP contribution in [-0.4, -0.2) is 193 Å². The fourth-order valence-electron chi connectivity index (χ4n) is 8.61. The van der Waals surface area contributed by atoms with Crippen LogP contribution in [0, 0.1) is 0 Å². The van der Waals surface area contributed by atoms with E-state index in [9.17, 15) is 61.0 Å². The molecule has 17 unspecified atom stereocenters. The molecule has 3 fully saturated rings. The molecule has 3 saturated heterocycles. The molecule has 0 aliphatic carbocycles. The molecule has 0 aromatic heterocycles. The first-order valence-corrected chi connectivity index (χ1v) is 26.7. The molecule has 3 aliphatic rings. The lowest BCUT2D eigenvalue weighted by Crippen LogP contribution is -2.66. The Morgan fingerprint density at radius 2 is 0.945 bits per heavy atom. The van der Waals surface area contributed by atoms with Crippen LogP contribution in [0.3, 0.4) is 0 Å². The monoisotopic (exact) mass is 1040 g/mol. The van der Waals surface area contributed by atoms with Gasteiger partial charge in [0.2, 0.25) is 5.91 Å². The number of carbonyl (C=O) groups is 1. The summed E-state index contributed by atoms with van der Waals surface area (Å²) in [5.41, 5.74) is 0. The second kappa shape index (κ2) is 37.9. The first kappa shape index (κ1) is 64.5. The van der Waals surface area contributed by atoms with Crippen LogP contribution in [0.4, 0.5) is 0 Å².